The predicted octanol–water partition coefficient (Wildman–Crippen LogP) is 2.92. The van der Waals surface area contributed by atoms with Gasteiger partial charge in [-0.3, -0.25) is 9.80 Å². The van der Waals surface area contributed by atoms with Crippen LogP contribution in [0.5, 0.6) is 11.5 Å². The molecule has 4 heteroatoms. The van der Waals surface area contributed by atoms with Gasteiger partial charge in [-0.2, -0.15) is 0 Å². The van der Waals surface area contributed by atoms with Gasteiger partial charge in [0.05, 0.1) is 14.2 Å². The molecule has 0 aromatic heterocycles. The van der Waals surface area contributed by atoms with Crippen molar-refractivity contribution in [2.24, 2.45) is 0 Å². The smallest absolute Gasteiger partial charge is 0.127 e. The van der Waals surface area contributed by atoms with Crippen molar-refractivity contribution in [3.8, 4) is 11.5 Å². The quantitative estimate of drug-likeness (QED) is 0.807. The lowest BCUT2D eigenvalue weighted by molar-refractivity contribution is 0.221. The van der Waals surface area contributed by atoms with Gasteiger partial charge < -0.3 is 9.47 Å². The summed E-state index contributed by atoms with van der Waals surface area (Å²) < 4.78 is 11.5. The van der Waals surface area contributed by atoms with Crippen molar-refractivity contribution in [2.45, 2.75) is 46.3 Å². The van der Waals surface area contributed by atoms with Crippen LogP contribution in [0.4, 0.5) is 0 Å². The summed E-state index contributed by atoms with van der Waals surface area (Å²) >= 11 is 0. The fraction of sp³-hybridized carbons (Fsp3) is 0.667. The summed E-state index contributed by atoms with van der Waals surface area (Å²) in [5.41, 5.74) is 3.84. The zero-order valence-electron chi connectivity index (χ0n) is 14.9. The van der Waals surface area contributed by atoms with Gasteiger partial charge >= 0.3 is 0 Å². The van der Waals surface area contributed by atoms with Crippen LogP contribution in [-0.2, 0) is 19.5 Å². The van der Waals surface area contributed by atoms with Crippen LogP contribution in [0.3, 0.4) is 0 Å². The Morgan fingerprint density at radius 3 is 2.41 bits per heavy atom. The van der Waals surface area contributed by atoms with Crippen LogP contribution in [0, 0.1) is 0 Å². The van der Waals surface area contributed by atoms with Crippen LogP contribution in [0.25, 0.3) is 0 Å². The summed E-state index contributed by atoms with van der Waals surface area (Å²) in [6, 6.07) is 2.69. The number of nitrogens with zero attached hydrogens (tertiary/aromatic N) is 2. The van der Waals surface area contributed by atoms with E-state index in [9.17, 15) is 0 Å². The second-order valence-corrected chi connectivity index (χ2v) is 6.16. The third-order valence-corrected chi connectivity index (χ3v) is 4.90. The number of hydrogen-bond acceptors (Lipinski definition) is 4. The van der Waals surface area contributed by atoms with E-state index in [2.05, 4.69) is 43.7 Å². The van der Waals surface area contributed by atoms with Gasteiger partial charge in [0.2, 0.25) is 0 Å². The predicted molar refractivity (Wildman–Crippen MR) is 90.8 cm³/mol. The minimum atomic E-state index is 0.523. The summed E-state index contributed by atoms with van der Waals surface area (Å²) in [7, 11) is 5.72. The first-order valence-electron chi connectivity index (χ1n) is 8.23. The van der Waals surface area contributed by atoms with E-state index in [1.807, 2.05) is 0 Å². The molecule has 2 rings (SSSR count). The number of likely N-dealkylation sites (N-methyl/N-ethyl adjacent to an activating group) is 1. The monoisotopic (exact) mass is 306 g/mol. The zero-order valence-corrected chi connectivity index (χ0v) is 14.9. The van der Waals surface area contributed by atoms with Crippen molar-refractivity contribution in [1.82, 2.24) is 9.80 Å². The van der Waals surface area contributed by atoms with Gasteiger partial charge in [-0.05, 0) is 39.5 Å². The first kappa shape index (κ1) is 17.1. The number of benzene rings is 1. The number of fused-ring (bicyclic) bond motifs is 1. The van der Waals surface area contributed by atoms with Crippen molar-refractivity contribution in [1.29, 1.82) is 0 Å². The molecule has 1 unspecified atom stereocenters. The maximum atomic E-state index is 5.82. The molecular formula is C18H30N2O2. The van der Waals surface area contributed by atoms with E-state index < -0.39 is 0 Å². The number of hydrogen-bond donors (Lipinski definition) is 0. The highest BCUT2D eigenvalue weighted by Crippen LogP contribution is 2.39. The van der Waals surface area contributed by atoms with Crippen molar-refractivity contribution in [2.75, 3.05) is 34.4 Å². The average Bonchev–Trinajstić information content (AvgIpc) is 2.53. The standard InChI is InChI=1S/C18H30N2O2/c1-7-20(8-2)11-14-10-17(21-5)16-12-19(4)13(3)9-15(16)18(14)22-6/h10,13H,7-9,11-12H2,1-6H3. The van der Waals surface area contributed by atoms with Crippen molar-refractivity contribution in [3.05, 3.63) is 22.8 Å². The molecule has 1 aromatic rings. The van der Waals surface area contributed by atoms with Gasteiger partial charge in [0, 0.05) is 35.8 Å². The lowest BCUT2D eigenvalue weighted by Crippen LogP contribution is -2.35. The fourth-order valence-corrected chi connectivity index (χ4v) is 3.28. The molecule has 4 nitrogen and oxygen atoms in total. The van der Waals surface area contributed by atoms with Crippen molar-refractivity contribution in [3.63, 3.8) is 0 Å². The van der Waals surface area contributed by atoms with Gasteiger partial charge in [-0.15, -0.1) is 0 Å². The Morgan fingerprint density at radius 1 is 1.18 bits per heavy atom. The van der Waals surface area contributed by atoms with Gasteiger partial charge in [0.25, 0.3) is 0 Å². The molecule has 124 valence electrons. The van der Waals surface area contributed by atoms with Crippen molar-refractivity contribution >= 4 is 0 Å². The average molecular weight is 306 g/mol. The fourth-order valence-electron chi connectivity index (χ4n) is 3.28. The first-order valence-corrected chi connectivity index (χ1v) is 8.23. The van der Waals surface area contributed by atoms with Crippen LogP contribution in [0.15, 0.2) is 6.07 Å². The summed E-state index contributed by atoms with van der Waals surface area (Å²) in [6.45, 7) is 10.6. The molecule has 22 heavy (non-hydrogen) atoms. The van der Waals surface area contributed by atoms with Gasteiger partial charge in [-0.25, -0.2) is 0 Å². The number of methoxy groups -OCH3 is 2. The maximum Gasteiger partial charge on any atom is 0.127 e. The Labute approximate surface area is 135 Å². The van der Waals surface area contributed by atoms with Crippen LogP contribution >= 0.6 is 0 Å². The van der Waals surface area contributed by atoms with E-state index in [-0.39, 0.29) is 0 Å². The molecule has 0 radical (unpaired) electrons. The topological polar surface area (TPSA) is 24.9 Å². The highest BCUT2D eigenvalue weighted by molar-refractivity contribution is 5.55. The summed E-state index contributed by atoms with van der Waals surface area (Å²) in [5.74, 6) is 2.05. The lowest BCUT2D eigenvalue weighted by Gasteiger charge is -2.34. The third-order valence-electron chi connectivity index (χ3n) is 4.90. The molecule has 0 amide bonds. The summed E-state index contributed by atoms with van der Waals surface area (Å²) in [4.78, 5) is 4.77. The Kier molecular flexibility index (Phi) is 5.70. The molecule has 0 saturated carbocycles. The molecule has 0 aliphatic carbocycles. The van der Waals surface area contributed by atoms with E-state index in [0.29, 0.717) is 6.04 Å². The molecule has 0 N–H and O–H groups in total. The Bertz CT molecular complexity index is 512. The minimum Gasteiger partial charge on any atom is -0.496 e. The molecule has 1 aliphatic rings. The van der Waals surface area contributed by atoms with Crippen molar-refractivity contribution < 1.29 is 9.47 Å². The molecular weight excluding hydrogens is 276 g/mol. The van der Waals surface area contributed by atoms with E-state index in [1.165, 1.54) is 16.7 Å². The van der Waals surface area contributed by atoms with Gasteiger partial charge in [0.15, 0.2) is 0 Å². The van der Waals surface area contributed by atoms with Crippen LogP contribution < -0.4 is 9.47 Å². The van der Waals surface area contributed by atoms with Crippen LogP contribution in [0.1, 0.15) is 37.5 Å². The molecule has 0 saturated heterocycles. The van der Waals surface area contributed by atoms with Gasteiger partial charge in [0.1, 0.15) is 11.5 Å². The Balaban J connectivity index is 2.49. The van der Waals surface area contributed by atoms with Crippen LogP contribution in [-0.4, -0.2) is 50.2 Å². The summed E-state index contributed by atoms with van der Waals surface area (Å²) in [6.07, 6.45) is 1.01. The maximum absolute atomic E-state index is 5.82. The second kappa shape index (κ2) is 7.34. The van der Waals surface area contributed by atoms with E-state index in [1.54, 1.807) is 14.2 Å². The molecule has 0 bridgehead atoms. The highest BCUT2D eigenvalue weighted by atomic mass is 16.5. The second-order valence-electron chi connectivity index (χ2n) is 6.16. The van der Waals surface area contributed by atoms with E-state index in [4.69, 9.17) is 9.47 Å². The Morgan fingerprint density at radius 2 is 1.86 bits per heavy atom. The number of rotatable bonds is 6. The minimum absolute atomic E-state index is 0.523. The third kappa shape index (κ3) is 3.23. The van der Waals surface area contributed by atoms with Gasteiger partial charge in [-0.1, -0.05) is 13.8 Å². The zero-order chi connectivity index (χ0) is 16.3. The molecule has 0 spiro atoms. The largest absolute Gasteiger partial charge is 0.496 e. The summed E-state index contributed by atoms with van der Waals surface area (Å²) in [5, 5.41) is 0. The SMILES string of the molecule is CCN(CC)Cc1cc(OC)c2c(c1OC)CC(C)N(C)C2. The van der Waals surface area contributed by atoms with E-state index >= 15 is 0 Å². The molecule has 1 atom stereocenters. The van der Waals surface area contributed by atoms with Crippen LogP contribution in [0.2, 0.25) is 0 Å². The first-order chi connectivity index (χ1) is 10.5. The normalized spacial score (nSPS) is 18.4. The number of ether oxygens (including phenoxy) is 2. The lowest BCUT2D eigenvalue weighted by atomic mass is 9.91. The van der Waals surface area contributed by atoms with E-state index in [0.717, 1.165) is 44.1 Å². The Hall–Kier alpha value is -1.26. The highest BCUT2D eigenvalue weighted by Gasteiger charge is 2.28. The molecule has 1 aromatic carbocycles. The molecule has 0 fully saturated rings. The molecule has 1 aliphatic heterocycles. The molecule has 1 heterocycles.